The van der Waals surface area contributed by atoms with Gasteiger partial charge in [0.2, 0.25) is 0 Å². The number of carbonyl (C=O) groups excluding carboxylic acids is 2. The van der Waals surface area contributed by atoms with Gasteiger partial charge < -0.3 is 15.8 Å². The summed E-state index contributed by atoms with van der Waals surface area (Å²) in [6, 6.07) is 2.50. The van der Waals surface area contributed by atoms with Crippen LogP contribution in [0, 0.1) is 5.82 Å². The van der Waals surface area contributed by atoms with E-state index in [-0.39, 0.29) is 17.2 Å². The molecular formula is C13H16ClFN2O3S. The first kappa shape index (κ1) is 17.6. The van der Waals surface area contributed by atoms with Crippen molar-refractivity contribution in [2.75, 3.05) is 12.0 Å². The lowest BCUT2D eigenvalue weighted by Gasteiger charge is -2.16. The summed E-state index contributed by atoms with van der Waals surface area (Å²) in [5.74, 6) is -0.596. The first-order chi connectivity index (χ1) is 9.95. The molecule has 21 heavy (non-hydrogen) atoms. The predicted molar refractivity (Wildman–Crippen MR) is 80.7 cm³/mol. The number of thioether (sulfide) groups is 1. The van der Waals surface area contributed by atoms with Crippen LogP contribution in [-0.2, 0) is 16.1 Å². The minimum Gasteiger partial charge on any atom is -0.459 e. The molecule has 0 aromatic heterocycles. The Balaban J connectivity index is 2.66. The van der Waals surface area contributed by atoms with Gasteiger partial charge in [0.15, 0.2) is 0 Å². The normalized spacial score (nSPS) is 11.8. The molecule has 1 rings (SSSR count). The van der Waals surface area contributed by atoms with Crippen LogP contribution in [0.1, 0.15) is 12.0 Å². The van der Waals surface area contributed by atoms with E-state index in [2.05, 4.69) is 5.32 Å². The lowest BCUT2D eigenvalue weighted by molar-refractivity contribution is -0.147. The molecule has 2 amide bonds. The van der Waals surface area contributed by atoms with Crippen molar-refractivity contribution in [3.05, 3.63) is 34.6 Å². The van der Waals surface area contributed by atoms with Gasteiger partial charge in [0.05, 0.1) is 5.02 Å². The summed E-state index contributed by atoms with van der Waals surface area (Å²) < 4.78 is 18.6. The predicted octanol–water partition coefficient (Wildman–Crippen LogP) is 2.31. The Morgan fingerprint density at radius 2 is 2.24 bits per heavy atom. The number of ether oxygens (including phenoxy) is 1. The van der Waals surface area contributed by atoms with Crippen LogP contribution < -0.4 is 11.1 Å². The zero-order valence-corrected chi connectivity index (χ0v) is 13.0. The summed E-state index contributed by atoms with van der Waals surface area (Å²) >= 11 is 7.35. The van der Waals surface area contributed by atoms with Crippen LogP contribution >= 0.6 is 23.4 Å². The van der Waals surface area contributed by atoms with Crippen LogP contribution in [0.15, 0.2) is 18.2 Å². The monoisotopic (exact) mass is 334 g/mol. The van der Waals surface area contributed by atoms with Gasteiger partial charge in [-0.1, -0.05) is 17.7 Å². The molecule has 0 fully saturated rings. The highest BCUT2D eigenvalue weighted by molar-refractivity contribution is 7.98. The van der Waals surface area contributed by atoms with Gasteiger partial charge in [-0.2, -0.15) is 11.8 Å². The number of halogens is 2. The molecule has 0 aliphatic rings. The van der Waals surface area contributed by atoms with Gasteiger partial charge in [-0.3, -0.25) is 0 Å². The molecule has 0 saturated heterocycles. The molecule has 8 heteroatoms. The highest BCUT2D eigenvalue weighted by Gasteiger charge is 2.21. The molecule has 0 unspecified atom stereocenters. The molecular weight excluding hydrogens is 319 g/mol. The third-order valence-corrected chi connectivity index (χ3v) is 3.63. The van der Waals surface area contributed by atoms with Gasteiger partial charge in [-0.25, -0.2) is 14.0 Å². The second-order valence-electron chi connectivity index (χ2n) is 4.15. The van der Waals surface area contributed by atoms with Crippen LogP contribution in [0.25, 0.3) is 0 Å². The Labute approximate surface area is 131 Å². The number of nitrogens with two attached hydrogens (primary N) is 1. The molecule has 0 spiro atoms. The maximum absolute atomic E-state index is 13.5. The number of primary amides is 1. The number of esters is 1. The summed E-state index contributed by atoms with van der Waals surface area (Å²) in [6.07, 6.45) is 2.24. The first-order valence-electron chi connectivity index (χ1n) is 6.10. The van der Waals surface area contributed by atoms with E-state index in [0.717, 1.165) is 0 Å². The van der Waals surface area contributed by atoms with Crippen LogP contribution in [-0.4, -0.2) is 30.1 Å². The number of hydrogen-bond acceptors (Lipinski definition) is 4. The van der Waals surface area contributed by atoms with Crippen molar-refractivity contribution in [3.63, 3.8) is 0 Å². The fraction of sp³-hybridized carbons (Fsp3) is 0.385. The smallest absolute Gasteiger partial charge is 0.329 e. The highest BCUT2D eigenvalue weighted by Crippen LogP contribution is 2.20. The van der Waals surface area contributed by atoms with E-state index in [1.165, 1.54) is 30.0 Å². The number of hydrogen-bond donors (Lipinski definition) is 2. The van der Waals surface area contributed by atoms with E-state index in [1.54, 1.807) is 0 Å². The van der Waals surface area contributed by atoms with E-state index in [9.17, 15) is 14.0 Å². The topological polar surface area (TPSA) is 81.4 Å². The van der Waals surface area contributed by atoms with E-state index in [4.69, 9.17) is 22.1 Å². The summed E-state index contributed by atoms with van der Waals surface area (Å²) in [5, 5.41) is 2.48. The van der Waals surface area contributed by atoms with Gasteiger partial charge in [-0.05, 0) is 30.6 Å². The standard InChI is InChI=1S/C13H16ClFN2O3S/c1-21-6-5-11(17-13(16)19)12(18)20-7-8-9(14)3-2-4-10(8)15/h2-4,11H,5-7H2,1H3,(H3,16,17,19)/t11-/m1/s1. The van der Waals surface area contributed by atoms with Gasteiger partial charge in [0.1, 0.15) is 18.5 Å². The van der Waals surface area contributed by atoms with E-state index >= 15 is 0 Å². The molecule has 5 nitrogen and oxygen atoms in total. The van der Waals surface area contributed by atoms with Crippen molar-refractivity contribution < 1.29 is 18.7 Å². The zero-order valence-electron chi connectivity index (χ0n) is 11.4. The molecule has 1 aromatic carbocycles. The second-order valence-corrected chi connectivity index (χ2v) is 5.54. The minimum atomic E-state index is -0.861. The van der Waals surface area contributed by atoms with Gasteiger partial charge in [0.25, 0.3) is 0 Å². The fourth-order valence-electron chi connectivity index (χ4n) is 1.57. The van der Waals surface area contributed by atoms with Crippen molar-refractivity contribution in [2.45, 2.75) is 19.1 Å². The van der Waals surface area contributed by atoms with Crippen molar-refractivity contribution >= 4 is 35.4 Å². The maximum atomic E-state index is 13.5. The molecule has 1 aromatic rings. The van der Waals surface area contributed by atoms with Crippen LogP contribution in [0.3, 0.4) is 0 Å². The van der Waals surface area contributed by atoms with Crippen molar-refractivity contribution in [1.29, 1.82) is 0 Å². The largest absolute Gasteiger partial charge is 0.459 e. The Bertz CT molecular complexity index is 496. The summed E-state index contributed by atoms with van der Waals surface area (Å²) in [6.45, 7) is -0.305. The third-order valence-electron chi connectivity index (χ3n) is 2.63. The quantitative estimate of drug-likeness (QED) is 0.750. The molecule has 3 N–H and O–H groups in total. The van der Waals surface area contributed by atoms with E-state index in [1.807, 2.05) is 6.26 Å². The van der Waals surface area contributed by atoms with Crippen LogP contribution in [0.2, 0.25) is 5.02 Å². The third kappa shape index (κ3) is 5.81. The molecule has 0 radical (unpaired) electrons. The number of carbonyl (C=O) groups is 2. The van der Waals surface area contributed by atoms with Crippen LogP contribution in [0.4, 0.5) is 9.18 Å². The minimum absolute atomic E-state index is 0.0928. The first-order valence-corrected chi connectivity index (χ1v) is 7.87. The Morgan fingerprint density at radius 1 is 1.52 bits per heavy atom. The summed E-state index contributed by atoms with van der Waals surface area (Å²) in [4.78, 5) is 22.8. The van der Waals surface area contributed by atoms with Crippen molar-refractivity contribution in [3.8, 4) is 0 Å². The fourth-order valence-corrected chi connectivity index (χ4v) is 2.26. The lowest BCUT2D eigenvalue weighted by Crippen LogP contribution is -2.44. The lowest BCUT2D eigenvalue weighted by atomic mass is 10.2. The van der Waals surface area contributed by atoms with Gasteiger partial charge in [0, 0.05) is 5.56 Å². The van der Waals surface area contributed by atoms with Crippen molar-refractivity contribution in [1.82, 2.24) is 5.32 Å². The number of amides is 2. The molecule has 0 bridgehead atoms. The SMILES string of the molecule is CSCC[C@@H](NC(N)=O)C(=O)OCc1c(F)cccc1Cl. The Kier molecular flexibility index (Phi) is 7.31. The molecule has 0 aliphatic carbocycles. The highest BCUT2D eigenvalue weighted by atomic mass is 35.5. The Morgan fingerprint density at radius 3 is 2.81 bits per heavy atom. The molecule has 0 aliphatic heterocycles. The molecule has 0 heterocycles. The molecule has 0 saturated carbocycles. The molecule has 116 valence electrons. The number of benzene rings is 1. The number of nitrogens with one attached hydrogen (secondary N) is 1. The summed E-state index contributed by atoms with van der Waals surface area (Å²) in [7, 11) is 0. The van der Waals surface area contributed by atoms with E-state index in [0.29, 0.717) is 12.2 Å². The average molecular weight is 335 g/mol. The van der Waals surface area contributed by atoms with Gasteiger partial charge >= 0.3 is 12.0 Å². The number of urea groups is 1. The Hall–Kier alpha value is -1.47. The average Bonchev–Trinajstić information content (AvgIpc) is 2.42. The van der Waals surface area contributed by atoms with Crippen molar-refractivity contribution in [2.24, 2.45) is 5.73 Å². The maximum Gasteiger partial charge on any atom is 0.329 e. The second kappa shape index (κ2) is 8.74. The van der Waals surface area contributed by atoms with Gasteiger partial charge in [-0.15, -0.1) is 0 Å². The molecule has 1 atom stereocenters. The van der Waals surface area contributed by atoms with E-state index < -0.39 is 23.9 Å². The summed E-state index contributed by atoms with van der Waals surface area (Å²) in [5.41, 5.74) is 5.11. The van der Waals surface area contributed by atoms with Crippen LogP contribution in [0.5, 0.6) is 0 Å². The zero-order chi connectivity index (χ0) is 15.8. The number of rotatable bonds is 7.